The van der Waals surface area contributed by atoms with E-state index in [-0.39, 0.29) is 0 Å². The summed E-state index contributed by atoms with van der Waals surface area (Å²) in [6.45, 7) is 5.22. The Bertz CT molecular complexity index is 1130. The molecule has 4 heterocycles. The number of rotatable bonds is 7. The molecule has 1 aliphatic rings. The quantitative estimate of drug-likeness (QED) is 0.377. The van der Waals surface area contributed by atoms with Gasteiger partial charge in [0.25, 0.3) is 0 Å². The summed E-state index contributed by atoms with van der Waals surface area (Å²) in [5.41, 5.74) is 3.41. The molecule has 0 atom stereocenters. The third kappa shape index (κ3) is 4.26. The van der Waals surface area contributed by atoms with Gasteiger partial charge in [0.1, 0.15) is 0 Å². The molecule has 1 aromatic carbocycles. The molecule has 4 aromatic rings. The molecule has 0 N–H and O–H groups in total. The highest BCUT2D eigenvalue weighted by molar-refractivity contribution is 7.98. The molecule has 0 radical (unpaired) electrons. The van der Waals surface area contributed by atoms with Gasteiger partial charge in [0.15, 0.2) is 15.9 Å². The van der Waals surface area contributed by atoms with Crippen LogP contribution in [-0.4, -0.2) is 46.1 Å². The Hall–Kier alpha value is -2.62. The van der Waals surface area contributed by atoms with E-state index in [0.717, 1.165) is 52.8 Å². The van der Waals surface area contributed by atoms with Crippen LogP contribution in [0.15, 0.2) is 57.6 Å². The lowest BCUT2D eigenvalue weighted by Gasteiger charge is -2.28. The van der Waals surface area contributed by atoms with E-state index in [0.29, 0.717) is 19.0 Å². The second-order valence-electron chi connectivity index (χ2n) is 7.11. The molecule has 0 saturated carbocycles. The fourth-order valence-corrected chi connectivity index (χ4v) is 5.31. The number of benzene rings is 1. The minimum absolute atomic E-state index is 0.707. The van der Waals surface area contributed by atoms with Crippen molar-refractivity contribution in [1.29, 1.82) is 0 Å². The molecule has 5 rings (SSSR count). The summed E-state index contributed by atoms with van der Waals surface area (Å²) < 4.78 is 13.2. The molecule has 160 valence electrons. The van der Waals surface area contributed by atoms with Crippen molar-refractivity contribution in [3.63, 3.8) is 0 Å². The molecule has 0 amide bonds. The molecule has 1 fully saturated rings. The number of aryl methyl sites for hydroxylation is 1. The van der Waals surface area contributed by atoms with Crippen LogP contribution in [0.3, 0.4) is 0 Å². The lowest BCUT2D eigenvalue weighted by molar-refractivity contribution is 0.122. The summed E-state index contributed by atoms with van der Waals surface area (Å²) in [4.78, 5) is 6.97. The van der Waals surface area contributed by atoms with Gasteiger partial charge in [-0.1, -0.05) is 36.9 Å². The zero-order valence-electron chi connectivity index (χ0n) is 17.2. The van der Waals surface area contributed by atoms with Crippen molar-refractivity contribution >= 4 is 29.0 Å². The van der Waals surface area contributed by atoms with Crippen LogP contribution in [0.4, 0.5) is 5.95 Å². The van der Waals surface area contributed by atoms with Crippen molar-refractivity contribution in [3.05, 3.63) is 59.3 Å². The number of hydrogen-bond donors (Lipinski definition) is 0. The van der Waals surface area contributed by atoms with E-state index in [1.165, 1.54) is 5.56 Å². The number of thiazole rings is 1. The standard InChI is InChI=1S/C22H23N5O2S2/c1-2-16-6-3-4-7-18(16)27-21(26-9-12-28-13-10-26)24-25-22(27)31-15-17-14-30-20(23-17)19-8-5-11-29-19/h3-8,11,14H,2,9-10,12-13,15H2,1H3. The number of thioether (sulfide) groups is 1. The van der Waals surface area contributed by atoms with Gasteiger partial charge in [0.05, 0.1) is 30.9 Å². The summed E-state index contributed by atoms with van der Waals surface area (Å²) in [5.74, 6) is 2.39. The number of aromatic nitrogens is 4. The lowest BCUT2D eigenvalue weighted by atomic mass is 10.1. The normalized spacial score (nSPS) is 14.3. The number of furan rings is 1. The molecule has 9 heteroatoms. The van der Waals surface area contributed by atoms with Gasteiger partial charge in [-0.3, -0.25) is 4.57 Å². The lowest BCUT2D eigenvalue weighted by Crippen LogP contribution is -2.38. The van der Waals surface area contributed by atoms with Crippen molar-refractivity contribution in [3.8, 4) is 16.5 Å². The second kappa shape index (κ2) is 9.25. The number of para-hydroxylation sites is 1. The van der Waals surface area contributed by atoms with E-state index in [9.17, 15) is 0 Å². The fraction of sp³-hybridized carbons (Fsp3) is 0.318. The van der Waals surface area contributed by atoms with E-state index in [1.807, 2.05) is 12.1 Å². The largest absolute Gasteiger partial charge is 0.462 e. The first kappa shape index (κ1) is 20.3. The van der Waals surface area contributed by atoms with Crippen LogP contribution in [0, 0.1) is 0 Å². The average Bonchev–Trinajstić information content (AvgIpc) is 3.58. The van der Waals surface area contributed by atoms with Crippen LogP contribution >= 0.6 is 23.1 Å². The Kier molecular flexibility index (Phi) is 6.06. The topological polar surface area (TPSA) is 69.2 Å². The molecular formula is C22H23N5O2S2. The third-order valence-electron chi connectivity index (χ3n) is 5.16. The molecule has 31 heavy (non-hydrogen) atoms. The highest BCUT2D eigenvalue weighted by Gasteiger charge is 2.23. The molecule has 3 aromatic heterocycles. The number of anilines is 1. The number of hydrogen-bond acceptors (Lipinski definition) is 8. The van der Waals surface area contributed by atoms with Crippen LogP contribution in [0.5, 0.6) is 0 Å². The van der Waals surface area contributed by atoms with Crippen LogP contribution in [0.1, 0.15) is 18.2 Å². The van der Waals surface area contributed by atoms with Gasteiger partial charge in [-0.15, -0.1) is 21.5 Å². The highest BCUT2D eigenvalue weighted by Crippen LogP contribution is 2.32. The number of ether oxygens (including phenoxy) is 1. The van der Waals surface area contributed by atoms with Gasteiger partial charge >= 0.3 is 0 Å². The van der Waals surface area contributed by atoms with Crippen LogP contribution in [0.25, 0.3) is 16.5 Å². The minimum atomic E-state index is 0.707. The SMILES string of the molecule is CCc1ccccc1-n1c(SCc2csc(-c3ccco3)n2)nnc1N1CCOCC1. The Morgan fingerprint density at radius 2 is 1.97 bits per heavy atom. The Morgan fingerprint density at radius 3 is 2.77 bits per heavy atom. The molecular weight excluding hydrogens is 430 g/mol. The maximum Gasteiger partial charge on any atom is 0.232 e. The van der Waals surface area contributed by atoms with Gasteiger partial charge in [0, 0.05) is 24.2 Å². The van der Waals surface area contributed by atoms with E-state index in [1.54, 1.807) is 29.4 Å². The molecule has 0 aliphatic carbocycles. The van der Waals surface area contributed by atoms with Gasteiger partial charge in [-0.05, 0) is 30.2 Å². The van der Waals surface area contributed by atoms with Gasteiger partial charge in [-0.2, -0.15) is 0 Å². The Balaban J connectivity index is 1.45. The summed E-state index contributed by atoms with van der Waals surface area (Å²) in [6.07, 6.45) is 2.62. The zero-order chi connectivity index (χ0) is 21.0. The Labute approximate surface area is 189 Å². The zero-order valence-corrected chi connectivity index (χ0v) is 18.9. The maximum atomic E-state index is 5.54. The molecule has 0 bridgehead atoms. The first-order valence-corrected chi connectivity index (χ1v) is 12.2. The average molecular weight is 454 g/mol. The molecule has 1 aliphatic heterocycles. The van der Waals surface area contributed by atoms with Gasteiger partial charge in [0.2, 0.25) is 5.95 Å². The predicted octanol–water partition coefficient (Wildman–Crippen LogP) is 4.68. The predicted molar refractivity (Wildman–Crippen MR) is 123 cm³/mol. The second-order valence-corrected chi connectivity index (χ2v) is 8.91. The minimum Gasteiger partial charge on any atom is -0.462 e. The van der Waals surface area contributed by atoms with Crippen LogP contribution in [-0.2, 0) is 16.9 Å². The first-order valence-electron chi connectivity index (χ1n) is 10.3. The van der Waals surface area contributed by atoms with Crippen LogP contribution in [0.2, 0.25) is 0 Å². The summed E-state index contributed by atoms with van der Waals surface area (Å²) in [7, 11) is 0. The van der Waals surface area contributed by atoms with Gasteiger partial charge in [-0.25, -0.2) is 4.98 Å². The van der Waals surface area contributed by atoms with Crippen molar-refractivity contribution in [2.24, 2.45) is 0 Å². The van der Waals surface area contributed by atoms with Crippen molar-refractivity contribution < 1.29 is 9.15 Å². The third-order valence-corrected chi connectivity index (χ3v) is 7.02. The van der Waals surface area contributed by atoms with Crippen molar-refractivity contribution in [1.82, 2.24) is 19.7 Å². The van der Waals surface area contributed by atoms with E-state index < -0.39 is 0 Å². The maximum absolute atomic E-state index is 5.54. The molecule has 0 unspecified atom stereocenters. The van der Waals surface area contributed by atoms with Crippen molar-refractivity contribution in [2.45, 2.75) is 24.3 Å². The number of nitrogens with zero attached hydrogens (tertiary/aromatic N) is 5. The summed E-state index contributed by atoms with van der Waals surface area (Å²) in [5, 5.41) is 13.0. The molecule has 7 nitrogen and oxygen atoms in total. The van der Waals surface area contributed by atoms with Gasteiger partial charge < -0.3 is 14.1 Å². The van der Waals surface area contributed by atoms with E-state index >= 15 is 0 Å². The molecule has 1 saturated heterocycles. The monoisotopic (exact) mass is 453 g/mol. The summed E-state index contributed by atoms with van der Waals surface area (Å²) >= 11 is 3.25. The van der Waals surface area contributed by atoms with Crippen LogP contribution < -0.4 is 4.90 Å². The number of morpholine rings is 1. The molecule has 0 spiro atoms. The highest BCUT2D eigenvalue weighted by atomic mass is 32.2. The van der Waals surface area contributed by atoms with Crippen molar-refractivity contribution in [2.75, 3.05) is 31.2 Å². The van der Waals surface area contributed by atoms with E-state index in [4.69, 9.17) is 14.1 Å². The smallest absolute Gasteiger partial charge is 0.232 e. The fourth-order valence-electron chi connectivity index (χ4n) is 3.59. The van der Waals surface area contributed by atoms with E-state index in [2.05, 4.69) is 56.2 Å². The first-order chi connectivity index (χ1) is 15.3. The summed E-state index contributed by atoms with van der Waals surface area (Å²) in [6, 6.07) is 12.3. The Morgan fingerprint density at radius 1 is 1.10 bits per heavy atom.